The molecule has 1 aromatic carbocycles. The molecule has 4 heteroatoms. The van der Waals surface area contributed by atoms with Crippen molar-refractivity contribution in [3.63, 3.8) is 0 Å². The van der Waals surface area contributed by atoms with Crippen molar-refractivity contribution in [2.75, 3.05) is 11.4 Å². The van der Waals surface area contributed by atoms with E-state index in [1.165, 1.54) is 6.26 Å². The van der Waals surface area contributed by atoms with E-state index in [4.69, 9.17) is 9.15 Å². The molecule has 2 heterocycles. The molecule has 0 saturated heterocycles. The number of hydrogen-bond donors (Lipinski definition) is 0. The number of para-hydroxylation sites is 2. The molecule has 0 bridgehead atoms. The maximum Gasteiger partial charge on any atom is 0.294 e. The number of furan rings is 1. The largest absolute Gasteiger partial charge is 0.484 e. The number of fused-ring (bicyclic) bond motifs is 1. The Morgan fingerprint density at radius 2 is 2.00 bits per heavy atom. The van der Waals surface area contributed by atoms with Gasteiger partial charge in [0.15, 0.2) is 5.76 Å². The summed E-state index contributed by atoms with van der Waals surface area (Å²) in [4.78, 5) is 14.2. The van der Waals surface area contributed by atoms with Crippen LogP contribution in [0.1, 0.15) is 24.4 Å². The highest BCUT2D eigenvalue weighted by molar-refractivity contribution is 6.05. The molecule has 1 aromatic heterocycles. The Kier molecular flexibility index (Phi) is 2.59. The molecule has 2 aromatic rings. The van der Waals surface area contributed by atoms with Crippen molar-refractivity contribution in [2.24, 2.45) is 0 Å². The fraction of sp³-hybridized carbons (Fsp3) is 0.267. The molecule has 4 nitrogen and oxygen atoms in total. The molecule has 19 heavy (non-hydrogen) atoms. The van der Waals surface area contributed by atoms with Gasteiger partial charge in [-0.25, -0.2) is 0 Å². The fourth-order valence-corrected chi connectivity index (χ4v) is 2.28. The van der Waals surface area contributed by atoms with Crippen LogP contribution in [0.3, 0.4) is 0 Å². The number of carbonyl (C=O) groups is 1. The molecular weight excluding hydrogens is 242 g/mol. The van der Waals surface area contributed by atoms with Gasteiger partial charge in [0.25, 0.3) is 5.91 Å². The average molecular weight is 257 g/mol. The number of carbonyl (C=O) groups excluding carboxylic acids is 1. The van der Waals surface area contributed by atoms with Crippen LogP contribution in [-0.2, 0) is 0 Å². The van der Waals surface area contributed by atoms with Crippen LogP contribution in [0.2, 0.25) is 0 Å². The highest BCUT2D eigenvalue weighted by Crippen LogP contribution is 2.37. The van der Waals surface area contributed by atoms with Crippen LogP contribution < -0.4 is 9.64 Å². The standard InChI is InChI=1S/C15H15NO3/c1-15(2)10-16(14(17)13-8-5-9-18-13)11-6-3-4-7-12(11)19-15/h3-9H,10H2,1-2H3. The second kappa shape index (κ2) is 4.16. The van der Waals surface area contributed by atoms with E-state index in [0.717, 1.165) is 11.4 Å². The molecular formula is C15H15NO3. The quantitative estimate of drug-likeness (QED) is 0.788. The van der Waals surface area contributed by atoms with E-state index in [-0.39, 0.29) is 5.91 Å². The minimum atomic E-state index is -0.420. The first-order valence-electron chi connectivity index (χ1n) is 6.20. The van der Waals surface area contributed by atoms with Gasteiger partial charge in [-0.1, -0.05) is 12.1 Å². The van der Waals surface area contributed by atoms with Gasteiger partial charge >= 0.3 is 0 Å². The third-order valence-corrected chi connectivity index (χ3v) is 3.06. The Morgan fingerprint density at radius 3 is 2.74 bits per heavy atom. The Balaban J connectivity index is 2.04. The van der Waals surface area contributed by atoms with E-state index in [1.807, 2.05) is 38.1 Å². The summed E-state index contributed by atoms with van der Waals surface area (Å²) >= 11 is 0. The zero-order chi connectivity index (χ0) is 13.5. The third-order valence-electron chi connectivity index (χ3n) is 3.06. The molecule has 0 unspecified atom stereocenters. The van der Waals surface area contributed by atoms with Crippen LogP contribution in [0.4, 0.5) is 5.69 Å². The Bertz CT molecular complexity index is 602. The average Bonchev–Trinajstić information content (AvgIpc) is 2.89. The summed E-state index contributed by atoms with van der Waals surface area (Å²) in [5.74, 6) is 0.917. The monoisotopic (exact) mass is 257 g/mol. The molecule has 1 amide bonds. The van der Waals surface area contributed by atoms with Gasteiger partial charge in [0.1, 0.15) is 11.4 Å². The molecule has 0 saturated carbocycles. The van der Waals surface area contributed by atoms with E-state index in [1.54, 1.807) is 17.0 Å². The van der Waals surface area contributed by atoms with Crippen LogP contribution in [0.5, 0.6) is 5.75 Å². The van der Waals surface area contributed by atoms with E-state index < -0.39 is 5.60 Å². The van der Waals surface area contributed by atoms with Gasteiger partial charge in [-0.15, -0.1) is 0 Å². The topological polar surface area (TPSA) is 42.7 Å². The lowest BCUT2D eigenvalue weighted by atomic mass is 10.0. The van der Waals surface area contributed by atoms with Gasteiger partial charge in [-0.2, -0.15) is 0 Å². The number of rotatable bonds is 1. The zero-order valence-electron chi connectivity index (χ0n) is 10.9. The summed E-state index contributed by atoms with van der Waals surface area (Å²) in [7, 11) is 0. The van der Waals surface area contributed by atoms with E-state index >= 15 is 0 Å². The molecule has 3 rings (SSSR count). The van der Waals surface area contributed by atoms with Crippen LogP contribution in [0.25, 0.3) is 0 Å². The predicted molar refractivity (Wildman–Crippen MR) is 71.5 cm³/mol. The summed E-state index contributed by atoms with van der Waals surface area (Å²) in [6.45, 7) is 4.42. The second-order valence-corrected chi connectivity index (χ2v) is 5.20. The normalized spacial score (nSPS) is 16.6. The van der Waals surface area contributed by atoms with Gasteiger partial charge in [-0.05, 0) is 38.1 Å². The summed E-state index contributed by atoms with van der Waals surface area (Å²) in [5.41, 5.74) is 0.361. The van der Waals surface area contributed by atoms with Crippen LogP contribution in [0, 0.1) is 0 Å². The van der Waals surface area contributed by atoms with Crippen molar-refractivity contribution >= 4 is 11.6 Å². The molecule has 0 N–H and O–H groups in total. The van der Waals surface area contributed by atoms with Crippen LogP contribution in [0.15, 0.2) is 47.1 Å². The third kappa shape index (κ3) is 2.10. The lowest BCUT2D eigenvalue weighted by molar-refractivity contribution is 0.0817. The van der Waals surface area contributed by atoms with Crippen molar-refractivity contribution in [1.29, 1.82) is 0 Å². The van der Waals surface area contributed by atoms with Gasteiger partial charge in [0.05, 0.1) is 18.5 Å². The Labute approximate surface area is 111 Å². The molecule has 0 radical (unpaired) electrons. The van der Waals surface area contributed by atoms with Gasteiger partial charge < -0.3 is 9.15 Å². The SMILES string of the molecule is CC1(C)CN(C(=O)c2ccco2)c2ccccc2O1. The summed E-state index contributed by atoms with van der Waals surface area (Å²) in [5, 5.41) is 0. The molecule has 1 aliphatic rings. The first-order chi connectivity index (χ1) is 9.07. The number of amides is 1. The maximum absolute atomic E-state index is 12.5. The van der Waals surface area contributed by atoms with Crippen molar-refractivity contribution in [1.82, 2.24) is 0 Å². The molecule has 0 fully saturated rings. The molecule has 98 valence electrons. The minimum absolute atomic E-state index is 0.145. The molecule has 1 aliphatic heterocycles. The number of ether oxygens (including phenoxy) is 1. The minimum Gasteiger partial charge on any atom is -0.484 e. The smallest absolute Gasteiger partial charge is 0.294 e. The number of hydrogen-bond acceptors (Lipinski definition) is 3. The van der Waals surface area contributed by atoms with Crippen LogP contribution >= 0.6 is 0 Å². The summed E-state index contributed by atoms with van der Waals surface area (Å²) in [6, 6.07) is 10.9. The fourth-order valence-electron chi connectivity index (χ4n) is 2.28. The van der Waals surface area contributed by atoms with Crippen molar-refractivity contribution in [3.05, 3.63) is 48.4 Å². The Morgan fingerprint density at radius 1 is 1.21 bits per heavy atom. The first kappa shape index (κ1) is 11.8. The zero-order valence-corrected chi connectivity index (χ0v) is 10.9. The lowest BCUT2D eigenvalue weighted by Gasteiger charge is -2.39. The van der Waals surface area contributed by atoms with E-state index in [2.05, 4.69) is 0 Å². The molecule has 0 spiro atoms. The Hall–Kier alpha value is -2.23. The van der Waals surface area contributed by atoms with Gasteiger partial charge in [0, 0.05) is 0 Å². The van der Waals surface area contributed by atoms with Gasteiger partial charge in [-0.3, -0.25) is 9.69 Å². The van der Waals surface area contributed by atoms with Crippen molar-refractivity contribution < 1.29 is 13.9 Å². The highest BCUT2D eigenvalue weighted by atomic mass is 16.5. The summed E-state index contributed by atoms with van der Waals surface area (Å²) in [6.07, 6.45) is 1.50. The van der Waals surface area contributed by atoms with Crippen LogP contribution in [-0.4, -0.2) is 18.1 Å². The van der Waals surface area contributed by atoms with Crippen molar-refractivity contribution in [2.45, 2.75) is 19.4 Å². The summed E-state index contributed by atoms with van der Waals surface area (Å²) < 4.78 is 11.1. The van der Waals surface area contributed by atoms with E-state index in [9.17, 15) is 4.79 Å². The maximum atomic E-state index is 12.5. The first-order valence-corrected chi connectivity index (χ1v) is 6.20. The molecule has 0 atom stereocenters. The van der Waals surface area contributed by atoms with Crippen molar-refractivity contribution in [3.8, 4) is 5.75 Å². The number of anilines is 1. The number of nitrogens with zero attached hydrogens (tertiary/aromatic N) is 1. The predicted octanol–water partition coefficient (Wildman–Crippen LogP) is 3.10. The number of benzene rings is 1. The highest BCUT2D eigenvalue weighted by Gasteiger charge is 2.35. The second-order valence-electron chi connectivity index (χ2n) is 5.20. The molecule has 0 aliphatic carbocycles. The lowest BCUT2D eigenvalue weighted by Crippen LogP contribution is -2.49. The van der Waals surface area contributed by atoms with Gasteiger partial charge in [0.2, 0.25) is 0 Å². The van der Waals surface area contributed by atoms with E-state index in [0.29, 0.717) is 12.3 Å².